The van der Waals surface area contributed by atoms with Gasteiger partial charge in [0.15, 0.2) is 0 Å². The van der Waals surface area contributed by atoms with Crippen LogP contribution in [0.2, 0.25) is 0 Å². The van der Waals surface area contributed by atoms with Gasteiger partial charge in [0.05, 0.1) is 0 Å². The Morgan fingerprint density at radius 1 is 1.45 bits per heavy atom. The predicted octanol–water partition coefficient (Wildman–Crippen LogP) is 1.75. The van der Waals surface area contributed by atoms with Crippen molar-refractivity contribution in [2.45, 2.75) is 13.1 Å². The van der Waals surface area contributed by atoms with Crippen LogP contribution in [-0.2, 0) is 0 Å². The van der Waals surface area contributed by atoms with Crippen molar-refractivity contribution in [2.75, 3.05) is 6.54 Å². The van der Waals surface area contributed by atoms with E-state index >= 15 is 0 Å². The van der Waals surface area contributed by atoms with Crippen molar-refractivity contribution < 1.29 is 0 Å². The SMILES string of the molecule is C=CCN1C=CN(C=C)C1C. The molecule has 2 heteroatoms. The van der Waals surface area contributed by atoms with Crippen molar-refractivity contribution in [2.24, 2.45) is 0 Å². The molecule has 1 heterocycles. The fraction of sp³-hybridized carbons (Fsp3) is 0.333. The first-order chi connectivity index (χ1) is 5.29. The van der Waals surface area contributed by atoms with Crippen molar-refractivity contribution in [3.63, 3.8) is 0 Å². The molecule has 1 atom stereocenters. The Morgan fingerprint density at radius 2 is 2.18 bits per heavy atom. The highest BCUT2D eigenvalue weighted by Crippen LogP contribution is 2.14. The van der Waals surface area contributed by atoms with E-state index in [1.165, 1.54) is 0 Å². The number of rotatable bonds is 3. The zero-order valence-corrected chi connectivity index (χ0v) is 6.90. The van der Waals surface area contributed by atoms with Crippen LogP contribution in [0.5, 0.6) is 0 Å². The van der Waals surface area contributed by atoms with Crippen molar-refractivity contribution in [3.8, 4) is 0 Å². The Hall–Kier alpha value is -1.18. The average Bonchev–Trinajstić information content (AvgIpc) is 2.34. The van der Waals surface area contributed by atoms with Gasteiger partial charge < -0.3 is 9.80 Å². The molecular formula is C9H14N2. The molecule has 0 aromatic heterocycles. The zero-order chi connectivity index (χ0) is 8.27. The fourth-order valence-corrected chi connectivity index (χ4v) is 1.16. The third kappa shape index (κ3) is 1.45. The van der Waals surface area contributed by atoms with E-state index in [1.54, 1.807) is 0 Å². The van der Waals surface area contributed by atoms with Gasteiger partial charge in [-0.2, -0.15) is 0 Å². The van der Waals surface area contributed by atoms with Crippen molar-refractivity contribution in [1.82, 2.24) is 9.80 Å². The summed E-state index contributed by atoms with van der Waals surface area (Å²) in [6.45, 7) is 10.4. The number of hydrogen-bond donors (Lipinski definition) is 0. The maximum Gasteiger partial charge on any atom is 0.102 e. The van der Waals surface area contributed by atoms with Crippen molar-refractivity contribution in [3.05, 3.63) is 37.8 Å². The summed E-state index contributed by atoms with van der Waals surface area (Å²) in [5.41, 5.74) is 0. The van der Waals surface area contributed by atoms with Gasteiger partial charge in [-0.15, -0.1) is 6.58 Å². The van der Waals surface area contributed by atoms with Crippen LogP contribution in [0.3, 0.4) is 0 Å². The molecule has 11 heavy (non-hydrogen) atoms. The topological polar surface area (TPSA) is 6.48 Å². The van der Waals surface area contributed by atoms with Gasteiger partial charge in [0, 0.05) is 18.9 Å². The van der Waals surface area contributed by atoms with Crippen LogP contribution < -0.4 is 0 Å². The van der Waals surface area contributed by atoms with Gasteiger partial charge in [0.1, 0.15) is 6.17 Å². The Kier molecular flexibility index (Phi) is 2.36. The smallest absolute Gasteiger partial charge is 0.102 e. The molecule has 0 saturated carbocycles. The van der Waals surface area contributed by atoms with Crippen LogP contribution in [0, 0.1) is 0 Å². The van der Waals surface area contributed by atoms with Crippen LogP contribution in [0.1, 0.15) is 6.92 Å². The van der Waals surface area contributed by atoms with Crippen LogP contribution >= 0.6 is 0 Å². The van der Waals surface area contributed by atoms with E-state index in [0.29, 0.717) is 6.17 Å². The normalized spacial score (nSPS) is 22.5. The lowest BCUT2D eigenvalue weighted by molar-refractivity contribution is 0.229. The average molecular weight is 150 g/mol. The maximum absolute atomic E-state index is 3.71. The summed E-state index contributed by atoms with van der Waals surface area (Å²) in [5.74, 6) is 0. The van der Waals surface area contributed by atoms with E-state index in [-0.39, 0.29) is 0 Å². The van der Waals surface area contributed by atoms with Crippen molar-refractivity contribution in [1.29, 1.82) is 0 Å². The molecule has 0 radical (unpaired) electrons. The van der Waals surface area contributed by atoms with Crippen molar-refractivity contribution >= 4 is 0 Å². The van der Waals surface area contributed by atoms with E-state index in [4.69, 9.17) is 0 Å². The first kappa shape index (κ1) is 7.92. The Balaban J connectivity index is 2.55. The second kappa shape index (κ2) is 3.28. The molecule has 0 aromatic carbocycles. The first-order valence-electron chi connectivity index (χ1n) is 3.74. The standard InChI is InChI=1S/C9H14N2/c1-4-6-11-8-7-10(5-2)9(11)3/h4-5,7-9H,1-2,6H2,3H3. The second-order valence-electron chi connectivity index (χ2n) is 2.55. The fourth-order valence-electron chi connectivity index (χ4n) is 1.16. The van der Waals surface area contributed by atoms with Crippen LogP contribution in [0.15, 0.2) is 37.8 Å². The highest BCUT2D eigenvalue weighted by molar-refractivity contribution is 5.00. The summed E-state index contributed by atoms with van der Waals surface area (Å²) >= 11 is 0. The van der Waals surface area contributed by atoms with E-state index in [9.17, 15) is 0 Å². The maximum atomic E-state index is 3.71. The monoisotopic (exact) mass is 150 g/mol. The number of nitrogens with zero attached hydrogens (tertiary/aromatic N) is 2. The van der Waals surface area contributed by atoms with E-state index in [0.717, 1.165) is 6.54 Å². The van der Waals surface area contributed by atoms with Gasteiger partial charge in [-0.05, 0) is 13.1 Å². The summed E-state index contributed by atoms with van der Waals surface area (Å²) < 4.78 is 0. The second-order valence-corrected chi connectivity index (χ2v) is 2.55. The van der Waals surface area contributed by atoms with Gasteiger partial charge in [-0.25, -0.2) is 0 Å². The molecule has 2 nitrogen and oxygen atoms in total. The third-order valence-electron chi connectivity index (χ3n) is 1.89. The summed E-state index contributed by atoms with van der Waals surface area (Å²) in [4.78, 5) is 4.25. The molecule has 1 aliphatic rings. The molecule has 0 spiro atoms. The van der Waals surface area contributed by atoms with E-state index in [1.807, 2.05) is 24.7 Å². The van der Waals surface area contributed by atoms with Gasteiger partial charge in [-0.1, -0.05) is 12.7 Å². The molecule has 60 valence electrons. The van der Waals surface area contributed by atoms with Gasteiger partial charge in [-0.3, -0.25) is 0 Å². The van der Waals surface area contributed by atoms with Crippen LogP contribution in [0.25, 0.3) is 0 Å². The van der Waals surface area contributed by atoms with Crippen LogP contribution in [0.4, 0.5) is 0 Å². The minimum Gasteiger partial charge on any atom is -0.352 e. The summed E-state index contributed by atoms with van der Waals surface area (Å²) in [5, 5.41) is 0. The zero-order valence-electron chi connectivity index (χ0n) is 6.90. The molecule has 0 amide bonds. The lowest BCUT2D eigenvalue weighted by Crippen LogP contribution is -2.32. The Morgan fingerprint density at radius 3 is 2.64 bits per heavy atom. The minimum atomic E-state index is 0.380. The molecule has 1 rings (SSSR count). The molecule has 0 aliphatic carbocycles. The van der Waals surface area contributed by atoms with Crippen LogP contribution in [-0.4, -0.2) is 22.5 Å². The largest absolute Gasteiger partial charge is 0.352 e. The quantitative estimate of drug-likeness (QED) is 0.565. The molecule has 1 aliphatic heterocycles. The van der Waals surface area contributed by atoms with E-state index in [2.05, 4.69) is 29.9 Å². The molecule has 0 fully saturated rings. The predicted molar refractivity (Wildman–Crippen MR) is 47.5 cm³/mol. The molecule has 0 saturated heterocycles. The van der Waals surface area contributed by atoms with Gasteiger partial charge in [0.25, 0.3) is 0 Å². The van der Waals surface area contributed by atoms with Gasteiger partial charge >= 0.3 is 0 Å². The summed E-state index contributed by atoms with van der Waals surface area (Å²) in [6, 6.07) is 0. The Labute approximate surface area is 68.1 Å². The lowest BCUT2D eigenvalue weighted by atomic mass is 10.4. The Bertz CT molecular complexity index is 184. The highest BCUT2D eigenvalue weighted by Gasteiger charge is 2.17. The number of hydrogen-bond acceptors (Lipinski definition) is 2. The lowest BCUT2D eigenvalue weighted by Gasteiger charge is -2.25. The molecule has 0 bridgehead atoms. The first-order valence-corrected chi connectivity index (χ1v) is 3.74. The van der Waals surface area contributed by atoms with E-state index < -0.39 is 0 Å². The molecule has 0 N–H and O–H groups in total. The van der Waals surface area contributed by atoms with Gasteiger partial charge in [0.2, 0.25) is 0 Å². The molecular weight excluding hydrogens is 136 g/mol. The summed E-state index contributed by atoms with van der Waals surface area (Å²) in [7, 11) is 0. The minimum absolute atomic E-state index is 0.380. The summed E-state index contributed by atoms with van der Waals surface area (Å²) in [6.07, 6.45) is 8.16. The molecule has 1 unspecified atom stereocenters. The highest BCUT2D eigenvalue weighted by atomic mass is 15.4. The molecule has 0 aromatic rings. The third-order valence-corrected chi connectivity index (χ3v) is 1.89.